The molecule has 2 aromatic heterocycles. The third-order valence-corrected chi connectivity index (χ3v) is 5.95. The molecule has 3 aromatic rings. The fraction of sp³-hybridized carbons (Fsp3) is 0.318. The van der Waals surface area contributed by atoms with Gasteiger partial charge in [0.05, 0.1) is 5.69 Å². The number of piperidine rings is 1. The van der Waals surface area contributed by atoms with Gasteiger partial charge in [0.25, 0.3) is 0 Å². The molecular weight excluding hydrogens is 334 g/mol. The number of hydrogen-bond donors (Lipinski definition) is 0. The first-order chi connectivity index (χ1) is 13.3. The summed E-state index contributed by atoms with van der Waals surface area (Å²) >= 11 is 0. The summed E-state index contributed by atoms with van der Waals surface area (Å²) in [6, 6.07) is 16.8. The van der Waals surface area contributed by atoms with E-state index in [2.05, 4.69) is 61.1 Å². The molecule has 27 heavy (non-hydrogen) atoms. The molecule has 0 unspecified atom stereocenters. The van der Waals surface area contributed by atoms with Gasteiger partial charge in [0.1, 0.15) is 0 Å². The Balaban J connectivity index is 1.38. The van der Waals surface area contributed by atoms with E-state index in [1.807, 2.05) is 30.7 Å². The van der Waals surface area contributed by atoms with Gasteiger partial charge in [0.2, 0.25) is 5.95 Å². The first kappa shape index (κ1) is 16.4. The molecule has 0 radical (unpaired) electrons. The second-order valence-corrected chi connectivity index (χ2v) is 7.53. The molecule has 0 aliphatic carbocycles. The first-order valence-corrected chi connectivity index (χ1v) is 9.60. The van der Waals surface area contributed by atoms with Gasteiger partial charge in [0, 0.05) is 42.8 Å². The fourth-order valence-electron chi connectivity index (χ4n) is 4.53. The summed E-state index contributed by atoms with van der Waals surface area (Å²) in [6.07, 6.45) is 7.84. The zero-order valence-corrected chi connectivity index (χ0v) is 15.3. The van der Waals surface area contributed by atoms with Gasteiger partial charge in [-0.3, -0.25) is 9.88 Å². The van der Waals surface area contributed by atoms with E-state index < -0.39 is 0 Å². The molecule has 5 rings (SSSR count). The van der Waals surface area contributed by atoms with Crippen molar-refractivity contribution in [1.29, 1.82) is 0 Å². The van der Waals surface area contributed by atoms with Crippen LogP contribution in [-0.2, 0) is 12.0 Å². The molecule has 1 spiro atoms. The summed E-state index contributed by atoms with van der Waals surface area (Å²) in [5.74, 6) is 0.803. The number of para-hydroxylation sites is 1. The molecule has 136 valence electrons. The largest absolute Gasteiger partial charge is 0.309 e. The van der Waals surface area contributed by atoms with Crippen molar-refractivity contribution in [2.24, 2.45) is 0 Å². The molecule has 4 heterocycles. The summed E-state index contributed by atoms with van der Waals surface area (Å²) < 4.78 is 0. The van der Waals surface area contributed by atoms with Crippen LogP contribution in [0, 0.1) is 0 Å². The van der Waals surface area contributed by atoms with E-state index in [4.69, 9.17) is 0 Å². The van der Waals surface area contributed by atoms with Gasteiger partial charge in [-0.1, -0.05) is 24.3 Å². The lowest BCUT2D eigenvalue weighted by Gasteiger charge is -2.39. The molecule has 2 aliphatic heterocycles. The fourth-order valence-corrected chi connectivity index (χ4v) is 4.53. The van der Waals surface area contributed by atoms with Gasteiger partial charge >= 0.3 is 0 Å². The van der Waals surface area contributed by atoms with Crippen LogP contribution in [0.15, 0.2) is 67.1 Å². The van der Waals surface area contributed by atoms with Crippen molar-refractivity contribution in [2.75, 3.05) is 24.5 Å². The highest BCUT2D eigenvalue weighted by Crippen LogP contribution is 2.48. The minimum Gasteiger partial charge on any atom is -0.309 e. The van der Waals surface area contributed by atoms with Crippen LogP contribution < -0.4 is 4.90 Å². The summed E-state index contributed by atoms with van der Waals surface area (Å²) in [4.78, 5) is 18.3. The predicted molar refractivity (Wildman–Crippen MR) is 106 cm³/mol. The highest BCUT2D eigenvalue weighted by Gasteiger charge is 2.45. The standard InChI is InChI=1S/C22H23N5/c1-2-8-20-19(7-1)22(17-27(20)21-24-12-5-13-25-21)9-14-26(15-10-22)16-18-6-3-4-11-23-18/h1-8,11-13H,9-10,14-17H2. The quantitative estimate of drug-likeness (QED) is 0.717. The number of fused-ring (bicyclic) bond motifs is 2. The van der Waals surface area contributed by atoms with Crippen molar-refractivity contribution in [1.82, 2.24) is 19.9 Å². The van der Waals surface area contributed by atoms with Gasteiger partial charge in [-0.2, -0.15) is 0 Å². The van der Waals surface area contributed by atoms with Crippen LogP contribution in [0.5, 0.6) is 0 Å². The third kappa shape index (κ3) is 2.98. The maximum absolute atomic E-state index is 4.50. The average molecular weight is 357 g/mol. The molecule has 0 saturated carbocycles. The van der Waals surface area contributed by atoms with E-state index in [1.54, 1.807) is 0 Å². The molecular formula is C22H23N5. The minimum atomic E-state index is 0.191. The average Bonchev–Trinajstić information content (AvgIpc) is 3.06. The maximum atomic E-state index is 4.50. The molecule has 2 aliphatic rings. The number of hydrogen-bond acceptors (Lipinski definition) is 5. The maximum Gasteiger partial charge on any atom is 0.229 e. The highest BCUT2D eigenvalue weighted by molar-refractivity contribution is 5.69. The number of benzene rings is 1. The number of likely N-dealkylation sites (tertiary alicyclic amines) is 1. The van der Waals surface area contributed by atoms with Crippen molar-refractivity contribution in [3.05, 3.63) is 78.4 Å². The van der Waals surface area contributed by atoms with Gasteiger partial charge < -0.3 is 4.90 Å². The Kier molecular flexibility index (Phi) is 4.09. The number of anilines is 2. The lowest BCUT2D eigenvalue weighted by molar-refractivity contribution is 0.159. The third-order valence-electron chi connectivity index (χ3n) is 5.95. The van der Waals surface area contributed by atoms with Crippen molar-refractivity contribution in [2.45, 2.75) is 24.8 Å². The Bertz CT molecular complexity index is 904. The van der Waals surface area contributed by atoms with Gasteiger partial charge in [-0.25, -0.2) is 9.97 Å². The van der Waals surface area contributed by atoms with Crippen LogP contribution in [-0.4, -0.2) is 39.5 Å². The van der Waals surface area contributed by atoms with Crippen LogP contribution in [0.3, 0.4) is 0 Å². The van der Waals surface area contributed by atoms with E-state index >= 15 is 0 Å². The molecule has 1 saturated heterocycles. The summed E-state index contributed by atoms with van der Waals surface area (Å²) in [7, 11) is 0. The van der Waals surface area contributed by atoms with E-state index in [-0.39, 0.29) is 5.41 Å². The van der Waals surface area contributed by atoms with E-state index in [1.165, 1.54) is 11.3 Å². The van der Waals surface area contributed by atoms with Crippen LogP contribution in [0.4, 0.5) is 11.6 Å². The summed E-state index contributed by atoms with van der Waals surface area (Å²) in [5, 5.41) is 0. The number of rotatable bonds is 3. The van der Waals surface area contributed by atoms with Crippen LogP contribution >= 0.6 is 0 Å². The monoisotopic (exact) mass is 357 g/mol. The van der Waals surface area contributed by atoms with E-state index in [0.717, 1.165) is 50.7 Å². The second-order valence-electron chi connectivity index (χ2n) is 7.53. The van der Waals surface area contributed by atoms with Crippen molar-refractivity contribution < 1.29 is 0 Å². The van der Waals surface area contributed by atoms with E-state index in [9.17, 15) is 0 Å². The molecule has 0 N–H and O–H groups in total. The summed E-state index contributed by atoms with van der Waals surface area (Å²) in [6.45, 7) is 4.08. The molecule has 5 heteroatoms. The van der Waals surface area contributed by atoms with Gasteiger partial charge in [-0.05, 0) is 55.8 Å². The zero-order chi connectivity index (χ0) is 18.1. The van der Waals surface area contributed by atoms with Gasteiger partial charge in [0.15, 0.2) is 0 Å². The number of aromatic nitrogens is 3. The van der Waals surface area contributed by atoms with E-state index in [0.29, 0.717) is 0 Å². The first-order valence-electron chi connectivity index (χ1n) is 9.60. The predicted octanol–water partition coefficient (Wildman–Crippen LogP) is 3.56. The van der Waals surface area contributed by atoms with Crippen LogP contribution in [0.1, 0.15) is 24.1 Å². The molecule has 5 nitrogen and oxygen atoms in total. The van der Waals surface area contributed by atoms with Crippen molar-refractivity contribution in [3.63, 3.8) is 0 Å². The SMILES string of the molecule is c1ccc(CN2CCC3(CC2)CN(c2ncccn2)c2ccccc23)nc1. The van der Waals surface area contributed by atoms with Crippen molar-refractivity contribution >= 4 is 11.6 Å². The Morgan fingerprint density at radius 1 is 0.815 bits per heavy atom. The molecule has 0 bridgehead atoms. The number of pyridine rings is 1. The molecule has 1 aromatic carbocycles. The lowest BCUT2D eigenvalue weighted by Crippen LogP contribution is -2.44. The highest BCUT2D eigenvalue weighted by atomic mass is 15.3. The molecule has 1 fully saturated rings. The Morgan fingerprint density at radius 2 is 1.56 bits per heavy atom. The second kappa shape index (κ2) is 6.74. The summed E-state index contributed by atoms with van der Waals surface area (Å²) in [5.41, 5.74) is 4.06. The Morgan fingerprint density at radius 3 is 2.33 bits per heavy atom. The Labute approximate surface area is 159 Å². The molecule has 0 amide bonds. The smallest absolute Gasteiger partial charge is 0.229 e. The van der Waals surface area contributed by atoms with Crippen molar-refractivity contribution in [3.8, 4) is 0 Å². The number of nitrogens with zero attached hydrogens (tertiary/aromatic N) is 5. The lowest BCUT2D eigenvalue weighted by atomic mass is 9.74. The minimum absolute atomic E-state index is 0.191. The molecule has 0 atom stereocenters. The van der Waals surface area contributed by atoms with Crippen LogP contribution in [0.2, 0.25) is 0 Å². The zero-order valence-electron chi connectivity index (χ0n) is 15.3. The normalized spacial score (nSPS) is 18.6. The van der Waals surface area contributed by atoms with Gasteiger partial charge in [-0.15, -0.1) is 0 Å². The Hall–Kier alpha value is -2.79. The topological polar surface area (TPSA) is 45.2 Å². The van der Waals surface area contributed by atoms with Crippen LogP contribution in [0.25, 0.3) is 0 Å².